The highest BCUT2D eigenvalue weighted by atomic mass is 28.4. The molecule has 2 fully saturated rings. The Morgan fingerprint density at radius 3 is 2.36 bits per heavy atom. The Morgan fingerprint density at radius 1 is 1.23 bits per heavy atom. The first-order valence-corrected chi connectivity index (χ1v) is 11.5. The molecule has 22 heavy (non-hydrogen) atoms. The third-order valence-electron chi connectivity index (χ3n) is 5.83. The van der Waals surface area contributed by atoms with Crippen LogP contribution in [0, 0.1) is 11.8 Å². The predicted octanol–water partition coefficient (Wildman–Crippen LogP) is 3.27. The first kappa shape index (κ1) is 17.7. The highest BCUT2D eigenvalue weighted by molar-refractivity contribution is 6.74. The number of hydrogen-bond donors (Lipinski definition) is 1. The third-order valence-corrected chi connectivity index (χ3v) is 10.4. The van der Waals surface area contributed by atoms with E-state index in [4.69, 9.17) is 4.43 Å². The second kappa shape index (κ2) is 6.08. The molecule has 2 aliphatic rings. The Labute approximate surface area is 135 Å². The standard InChI is InChI=1S/C17H31NO3Si/c1-11(21-22(5,6)17(2,3)4)14-15(18-16(14)20)12-9-7-8-10-13(12)19/h11-12,14-15H,7-10H2,1-6H3,(H,18,20)/t11-,12-,14-,15-/m1/s1. The minimum Gasteiger partial charge on any atom is -0.413 e. The van der Waals surface area contributed by atoms with E-state index in [-0.39, 0.29) is 34.9 Å². The lowest BCUT2D eigenvalue weighted by Crippen LogP contribution is -2.67. The van der Waals surface area contributed by atoms with Gasteiger partial charge in [0.05, 0.1) is 18.1 Å². The van der Waals surface area contributed by atoms with Crippen molar-refractivity contribution in [3.05, 3.63) is 0 Å². The van der Waals surface area contributed by atoms with Gasteiger partial charge in [-0.1, -0.05) is 27.2 Å². The molecule has 126 valence electrons. The maximum Gasteiger partial charge on any atom is 0.228 e. The van der Waals surface area contributed by atoms with Crippen LogP contribution in [0.3, 0.4) is 0 Å². The van der Waals surface area contributed by atoms with Gasteiger partial charge in [-0.3, -0.25) is 9.59 Å². The summed E-state index contributed by atoms with van der Waals surface area (Å²) in [5.41, 5.74) is 0. The normalized spacial score (nSPS) is 31.5. The van der Waals surface area contributed by atoms with Crippen molar-refractivity contribution >= 4 is 20.0 Å². The largest absolute Gasteiger partial charge is 0.413 e. The summed E-state index contributed by atoms with van der Waals surface area (Å²) in [7, 11) is -1.90. The zero-order chi connectivity index (χ0) is 16.7. The molecule has 2 rings (SSSR count). The Kier molecular flexibility index (Phi) is 4.88. The summed E-state index contributed by atoms with van der Waals surface area (Å²) < 4.78 is 6.40. The van der Waals surface area contributed by atoms with E-state index in [0.29, 0.717) is 12.2 Å². The first-order valence-electron chi connectivity index (χ1n) is 8.55. The summed E-state index contributed by atoms with van der Waals surface area (Å²) in [5.74, 6) is 0.207. The molecule has 4 atom stereocenters. The Bertz CT molecular complexity index is 455. The molecule has 1 saturated heterocycles. The van der Waals surface area contributed by atoms with Crippen molar-refractivity contribution in [2.75, 3.05) is 0 Å². The number of carbonyl (C=O) groups is 2. The quantitative estimate of drug-likeness (QED) is 0.637. The maximum atomic E-state index is 12.2. The van der Waals surface area contributed by atoms with Crippen molar-refractivity contribution in [3.63, 3.8) is 0 Å². The van der Waals surface area contributed by atoms with Crippen LogP contribution in [-0.4, -0.2) is 32.2 Å². The van der Waals surface area contributed by atoms with E-state index >= 15 is 0 Å². The van der Waals surface area contributed by atoms with Gasteiger partial charge in [0.25, 0.3) is 0 Å². The molecule has 5 heteroatoms. The van der Waals surface area contributed by atoms with Crippen LogP contribution in [0.5, 0.6) is 0 Å². The molecule has 1 N–H and O–H groups in total. The van der Waals surface area contributed by atoms with Gasteiger partial charge in [0.2, 0.25) is 5.91 Å². The summed E-state index contributed by atoms with van der Waals surface area (Å²) in [6.07, 6.45) is 3.55. The van der Waals surface area contributed by atoms with E-state index in [1.54, 1.807) is 0 Å². The second-order valence-corrected chi connectivity index (χ2v) is 13.2. The summed E-state index contributed by atoms with van der Waals surface area (Å²) in [4.78, 5) is 24.2. The molecule has 0 aromatic rings. The van der Waals surface area contributed by atoms with Crippen LogP contribution in [0.25, 0.3) is 0 Å². The topological polar surface area (TPSA) is 55.4 Å². The van der Waals surface area contributed by atoms with Crippen molar-refractivity contribution in [2.45, 2.75) is 83.7 Å². The van der Waals surface area contributed by atoms with Crippen LogP contribution < -0.4 is 5.32 Å². The van der Waals surface area contributed by atoms with Crippen LogP contribution in [0.15, 0.2) is 0 Å². The number of carbonyl (C=O) groups excluding carboxylic acids is 2. The van der Waals surface area contributed by atoms with Gasteiger partial charge in [-0.2, -0.15) is 0 Å². The fourth-order valence-electron chi connectivity index (χ4n) is 3.38. The molecule has 0 spiro atoms. The van der Waals surface area contributed by atoms with Gasteiger partial charge >= 0.3 is 0 Å². The number of Topliss-reactive ketones (excluding diaryl/α,β-unsaturated/α-hetero) is 1. The van der Waals surface area contributed by atoms with Gasteiger partial charge < -0.3 is 9.74 Å². The third kappa shape index (κ3) is 3.30. The molecular weight excluding hydrogens is 294 g/mol. The van der Waals surface area contributed by atoms with Crippen molar-refractivity contribution in [3.8, 4) is 0 Å². The lowest BCUT2D eigenvalue weighted by molar-refractivity contribution is -0.145. The molecule has 1 saturated carbocycles. The number of ketones is 1. The van der Waals surface area contributed by atoms with Crippen molar-refractivity contribution in [1.29, 1.82) is 0 Å². The monoisotopic (exact) mass is 325 g/mol. The predicted molar refractivity (Wildman–Crippen MR) is 90.1 cm³/mol. The zero-order valence-corrected chi connectivity index (χ0v) is 15.9. The van der Waals surface area contributed by atoms with Crippen LogP contribution in [0.1, 0.15) is 53.4 Å². The molecule has 1 heterocycles. The lowest BCUT2D eigenvalue weighted by Gasteiger charge is -2.48. The average Bonchev–Trinajstić information content (AvgIpc) is 2.34. The molecule has 0 unspecified atom stereocenters. The molecule has 1 aliphatic carbocycles. The van der Waals surface area contributed by atoms with Gasteiger partial charge in [0.15, 0.2) is 8.32 Å². The summed E-state index contributed by atoms with van der Waals surface area (Å²) in [6, 6.07) is -0.0138. The van der Waals surface area contributed by atoms with Gasteiger partial charge in [-0.25, -0.2) is 0 Å². The number of amides is 1. The fraction of sp³-hybridized carbons (Fsp3) is 0.882. The number of β-lactam (4-membered cyclic amide) rings is 1. The highest BCUT2D eigenvalue weighted by Gasteiger charge is 2.51. The first-order chi connectivity index (χ1) is 10.0. The van der Waals surface area contributed by atoms with Crippen LogP contribution in [0.4, 0.5) is 0 Å². The van der Waals surface area contributed by atoms with Crippen molar-refractivity contribution in [2.24, 2.45) is 11.8 Å². The van der Waals surface area contributed by atoms with E-state index in [2.05, 4.69) is 39.2 Å². The summed E-state index contributed by atoms with van der Waals surface area (Å²) >= 11 is 0. The molecule has 0 radical (unpaired) electrons. The molecule has 4 nitrogen and oxygen atoms in total. The Morgan fingerprint density at radius 2 is 1.86 bits per heavy atom. The SMILES string of the molecule is C[C@@H](O[Si](C)(C)C(C)(C)C)[C@H]1C(=O)N[C@@H]1[C@@H]1CCCCC1=O. The fourth-order valence-corrected chi connectivity index (χ4v) is 4.81. The molecular formula is C17H31NO3Si. The Hall–Kier alpha value is -0.683. The van der Waals surface area contributed by atoms with Gasteiger partial charge in [0.1, 0.15) is 5.78 Å². The number of hydrogen-bond acceptors (Lipinski definition) is 3. The highest BCUT2D eigenvalue weighted by Crippen LogP contribution is 2.40. The van der Waals surface area contributed by atoms with Crippen LogP contribution in [0.2, 0.25) is 18.1 Å². The van der Waals surface area contributed by atoms with Crippen LogP contribution in [-0.2, 0) is 14.0 Å². The van der Waals surface area contributed by atoms with Gasteiger partial charge in [-0.15, -0.1) is 0 Å². The van der Waals surface area contributed by atoms with E-state index in [0.717, 1.165) is 19.3 Å². The molecule has 0 aromatic heterocycles. The number of rotatable bonds is 4. The van der Waals surface area contributed by atoms with E-state index < -0.39 is 8.32 Å². The second-order valence-electron chi connectivity index (χ2n) is 8.46. The van der Waals surface area contributed by atoms with E-state index in [1.807, 2.05) is 6.92 Å². The number of nitrogens with one attached hydrogen (secondary N) is 1. The van der Waals surface area contributed by atoms with Gasteiger partial charge in [-0.05, 0) is 37.9 Å². The maximum absolute atomic E-state index is 12.2. The smallest absolute Gasteiger partial charge is 0.228 e. The molecule has 0 bridgehead atoms. The van der Waals surface area contributed by atoms with E-state index in [9.17, 15) is 9.59 Å². The minimum atomic E-state index is -1.90. The van der Waals surface area contributed by atoms with Crippen molar-refractivity contribution < 1.29 is 14.0 Å². The average molecular weight is 326 g/mol. The summed E-state index contributed by atoms with van der Waals surface area (Å²) in [5, 5.41) is 3.10. The van der Waals surface area contributed by atoms with Gasteiger partial charge in [0, 0.05) is 12.3 Å². The van der Waals surface area contributed by atoms with Crippen molar-refractivity contribution in [1.82, 2.24) is 5.32 Å². The molecule has 0 aromatic carbocycles. The van der Waals surface area contributed by atoms with Crippen LogP contribution >= 0.6 is 0 Å². The lowest BCUT2D eigenvalue weighted by atomic mass is 9.72. The van der Waals surface area contributed by atoms with E-state index in [1.165, 1.54) is 0 Å². The molecule has 1 amide bonds. The Balaban J connectivity index is 2.06. The summed E-state index contributed by atoms with van der Waals surface area (Å²) in [6.45, 7) is 13.0. The minimum absolute atomic E-state index is 0.00177. The molecule has 1 aliphatic heterocycles. The zero-order valence-electron chi connectivity index (χ0n) is 14.9.